The van der Waals surface area contributed by atoms with Crippen molar-refractivity contribution in [2.45, 2.75) is 32.9 Å². The molecule has 0 spiro atoms. The average molecular weight is 289 g/mol. The fraction of sp³-hybridized carbons (Fsp3) is 0.700. The Morgan fingerprint density at radius 1 is 1.53 bits per heavy atom. The van der Waals surface area contributed by atoms with Crippen molar-refractivity contribution in [3.8, 4) is 0 Å². The van der Waals surface area contributed by atoms with Crippen molar-refractivity contribution < 1.29 is 13.2 Å². The lowest BCUT2D eigenvalue weighted by molar-refractivity contribution is -0.120. The van der Waals surface area contributed by atoms with E-state index in [1.165, 1.54) is 6.33 Å². The lowest BCUT2D eigenvalue weighted by Gasteiger charge is -2.14. The van der Waals surface area contributed by atoms with Gasteiger partial charge in [-0.1, -0.05) is 6.92 Å². The summed E-state index contributed by atoms with van der Waals surface area (Å²) >= 11 is 0. The number of aryl methyl sites for hydroxylation is 1. The van der Waals surface area contributed by atoms with Crippen LogP contribution in [0, 0.1) is 0 Å². The van der Waals surface area contributed by atoms with Crippen LogP contribution in [0.5, 0.6) is 0 Å². The highest BCUT2D eigenvalue weighted by Crippen LogP contribution is 2.08. The number of sulfonamides is 1. The van der Waals surface area contributed by atoms with Crippen LogP contribution in [0.1, 0.15) is 32.1 Å². The molecule has 0 saturated carbocycles. The van der Waals surface area contributed by atoms with Gasteiger partial charge in [-0.2, -0.15) is 5.10 Å². The predicted molar refractivity (Wildman–Crippen MR) is 69.7 cm³/mol. The third kappa shape index (κ3) is 5.35. The van der Waals surface area contributed by atoms with Crippen molar-refractivity contribution >= 4 is 15.9 Å². The van der Waals surface area contributed by atoms with Crippen molar-refractivity contribution in [3.63, 3.8) is 0 Å². The van der Waals surface area contributed by atoms with Crippen LogP contribution in [0.2, 0.25) is 0 Å². The van der Waals surface area contributed by atoms with Crippen molar-refractivity contribution in [2.24, 2.45) is 0 Å². The van der Waals surface area contributed by atoms with Crippen molar-refractivity contribution in [1.29, 1.82) is 0 Å². The maximum absolute atomic E-state index is 11.6. The van der Waals surface area contributed by atoms with Crippen molar-refractivity contribution in [1.82, 2.24) is 24.8 Å². The average Bonchev–Trinajstić information content (AvgIpc) is 2.74. The minimum absolute atomic E-state index is 0.287. The Morgan fingerprint density at radius 2 is 2.21 bits per heavy atom. The molecule has 0 aromatic carbocycles. The van der Waals surface area contributed by atoms with Crippen LogP contribution in [0.15, 0.2) is 6.33 Å². The third-order valence-electron chi connectivity index (χ3n) is 2.34. The van der Waals surface area contributed by atoms with Crippen LogP contribution in [0.4, 0.5) is 0 Å². The summed E-state index contributed by atoms with van der Waals surface area (Å²) in [7, 11) is -3.37. The molecule has 1 amide bonds. The molecule has 1 aromatic heterocycles. The van der Waals surface area contributed by atoms with Crippen LogP contribution in [0.3, 0.4) is 0 Å². The largest absolute Gasteiger partial charge is 0.345 e. The molecular weight excluding hydrogens is 270 g/mol. The Morgan fingerprint density at radius 3 is 2.79 bits per heavy atom. The molecule has 8 nitrogen and oxygen atoms in total. The van der Waals surface area contributed by atoms with E-state index in [0.717, 1.165) is 19.2 Å². The van der Waals surface area contributed by atoms with Gasteiger partial charge in [0, 0.05) is 6.54 Å². The summed E-state index contributed by atoms with van der Waals surface area (Å²) < 4.78 is 25.6. The van der Waals surface area contributed by atoms with Gasteiger partial charge in [-0.3, -0.25) is 4.79 Å². The number of rotatable bonds is 7. The first kappa shape index (κ1) is 15.6. The molecule has 0 unspecified atom stereocenters. The van der Waals surface area contributed by atoms with Gasteiger partial charge in [0.25, 0.3) is 0 Å². The van der Waals surface area contributed by atoms with Gasteiger partial charge in [-0.15, -0.1) is 0 Å². The topological polar surface area (TPSA) is 106 Å². The van der Waals surface area contributed by atoms with Crippen LogP contribution in [-0.4, -0.2) is 41.9 Å². The molecule has 0 fully saturated rings. The number of amides is 1. The van der Waals surface area contributed by atoms with Gasteiger partial charge in [0.2, 0.25) is 15.9 Å². The normalized spacial score (nSPS) is 13.2. The number of carbonyl (C=O) groups excluding carboxylic acids is 1. The van der Waals surface area contributed by atoms with Gasteiger partial charge in [-0.25, -0.2) is 22.8 Å². The lowest BCUT2D eigenvalue weighted by Crippen LogP contribution is -2.38. The number of nitrogens with one attached hydrogen (secondary N) is 2. The Labute approximate surface area is 112 Å². The molecule has 9 heteroatoms. The number of carbonyl (C=O) groups is 1. The number of hydrogen-bond donors (Lipinski definition) is 2. The third-order valence-corrected chi connectivity index (χ3v) is 3.01. The van der Waals surface area contributed by atoms with Crippen molar-refractivity contribution in [3.05, 3.63) is 12.2 Å². The quantitative estimate of drug-likeness (QED) is 0.698. The first-order chi connectivity index (χ1) is 8.83. The highest BCUT2D eigenvalue weighted by Gasteiger charge is 2.15. The standard InChI is InChI=1S/C10H19N5O3S/c1-4-5-15-10(11-7-12-15)8(2)14-9(16)6-13-19(3,17)18/h7-8,13H,4-6H2,1-3H3,(H,14,16)/t8-/m0/s1. The maximum atomic E-state index is 11.6. The highest BCUT2D eigenvalue weighted by molar-refractivity contribution is 7.88. The molecule has 19 heavy (non-hydrogen) atoms. The summed E-state index contributed by atoms with van der Waals surface area (Å²) in [4.78, 5) is 15.7. The van der Waals surface area contributed by atoms with Gasteiger partial charge < -0.3 is 5.32 Å². The van der Waals surface area contributed by atoms with E-state index in [4.69, 9.17) is 0 Å². The van der Waals surface area contributed by atoms with Gasteiger partial charge in [-0.05, 0) is 13.3 Å². The smallest absolute Gasteiger partial charge is 0.235 e. The van der Waals surface area contributed by atoms with E-state index in [1.807, 2.05) is 6.92 Å². The summed E-state index contributed by atoms with van der Waals surface area (Å²) in [6, 6.07) is -0.331. The van der Waals surface area contributed by atoms with Gasteiger partial charge in [0.15, 0.2) is 0 Å². The molecule has 0 bridgehead atoms. The predicted octanol–water partition coefficient (Wildman–Crippen LogP) is -0.585. The molecule has 2 N–H and O–H groups in total. The van der Waals surface area contributed by atoms with Gasteiger partial charge in [0.1, 0.15) is 12.2 Å². The van der Waals surface area contributed by atoms with Crippen molar-refractivity contribution in [2.75, 3.05) is 12.8 Å². The zero-order chi connectivity index (χ0) is 14.5. The number of aromatic nitrogens is 3. The monoisotopic (exact) mass is 289 g/mol. The van der Waals surface area contributed by atoms with E-state index in [9.17, 15) is 13.2 Å². The molecule has 1 aromatic rings. The molecular formula is C10H19N5O3S. The zero-order valence-electron chi connectivity index (χ0n) is 11.3. The SMILES string of the molecule is CCCn1ncnc1[C@H](C)NC(=O)CNS(C)(=O)=O. The van der Waals surface area contributed by atoms with Crippen LogP contribution in [0.25, 0.3) is 0 Å². The minimum Gasteiger partial charge on any atom is -0.345 e. The first-order valence-electron chi connectivity index (χ1n) is 5.95. The van der Waals surface area contributed by atoms with E-state index in [-0.39, 0.29) is 12.6 Å². The molecule has 1 heterocycles. The summed E-state index contributed by atoms with van der Waals surface area (Å²) in [5, 5.41) is 6.73. The van der Waals surface area contributed by atoms with Crippen LogP contribution >= 0.6 is 0 Å². The van der Waals surface area contributed by atoms with E-state index < -0.39 is 15.9 Å². The summed E-state index contributed by atoms with van der Waals surface area (Å²) in [5.41, 5.74) is 0. The Balaban J connectivity index is 2.56. The summed E-state index contributed by atoms with van der Waals surface area (Å²) in [5.74, 6) is 0.235. The van der Waals surface area contributed by atoms with E-state index in [2.05, 4.69) is 20.1 Å². The second-order valence-electron chi connectivity index (χ2n) is 4.22. The molecule has 0 aliphatic carbocycles. The fourth-order valence-electron chi connectivity index (χ4n) is 1.55. The Kier molecular flexibility index (Phi) is 5.43. The number of nitrogens with zero attached hydrogens (tertiary/aromatic N) is 3. The molecule has 1 rings (SSSR count). The minimum atomic E-state index is -3.37. The van der Waals surface area contributed by atoms with E-state index in [1.54, 1.807) is 11.6 Å². The Bertz CT molecular complexity index is 525. The molecule has 0 aliphatic heterocycles. The molecule has 108 valence electrons. The molecule has 1 atom stereocenters. The summed E-state index contributed by atoms with van der Waals surface area (Å²) in [6.45, 7) is 4.22. The van der Waals surface area contributed by atoms with Gasteiger partial charge in [0.05, 0.1) is 18.8 Å². The second kappa shape index (κ2) is 6.62. The zero-order valence-corrected chi connectivity index (χ0v) is 12.1. The first-order valence-corrected chi connectivity index (χ1v) is 7.84. The highest BCUT2D eigenvalue weighted by atomic mass is 32.2. The van der Waals surface area contributed by atoms with Gasteiger partial charge >= 0.3 is 0 Å². The lowest BCUT2D eigenvalue weighted by atomic mass is 10.3. The molecule has 0 radical (unpaired) electrons. The molecule has 0 aliphatic rings. The fourth-order valence-corrected chi connectivity index (χ4v) is 1.94. The van der Waals surface area contributed by atoms with E-state index >= 15 is 0 Å². The van der Waals surface area contributed by atoms with Crippen LogP contribution in [-0.2, 0) is 21.4 Å². The summed E-state index contributed by atoms with van der Waals surface area (Å²) in [6.07, 6.45) is 3.34. The van der Waals surface area contributed by atoms with Crippen LogP contribution < -0.4 is 10.0 Å². The second-order valence-corrected chi connectivity index (χ2v) is 6.06. The Hall–Kier alpha value is -1.48. The van der Waals surface area contributed by atoms with E-state index in [0.29, 0.717) is 5.82 Å². The maximum Gasteiger partial charge on any atom is 0.235 e. The number of hydrogen-bond acceptors (Lipinski definition) is 5. The molecule has 0 saturated heterocycles.